The van der Waals surface area contributed by atoms with Gasteiger partial charge in [0.2, 0.25) is 0 Å². The van der Waals surface area contributed by atoms with Crippen molar-refractivity contribution in [1.29, 1.82) is 0 Å². The van der Waals surface area contributed by atoms with Crippen LogP contribution in [0.25, 0.3) is 0 Å². The minimum atomic E-state index is 0.396. The predicted octanol–water partition coefficient (Wildman–Crippen LogP) is 1.97. The van der Waals surface area contributed by atoms with Crippen LogP contribution in [0.5, 0.6) is 0 Å². The third kappa shape index (κ3) is 3.15. The second-order valence-electron chi connectivity index (χ2n) is 5.44. The predicted molar refractivity (Wildman–Crippen MR) is 78.0 cm³/mol. The molecule has 1 saturated carbocycles. The van der Waals surface area contributed by atoms with Crippen molar-refractivity contribution in [3.05, 3.63) is 17.0 Å². The van der Waals surface area contributed by atoms with Gasteiger partial charge in [-0.25, -0.2) is 5.84 Å². The molecule has 1 heterocycles. The van der Waals surface area contributed by atoms with E-state index in [1.165, 1.54) is 38.5 Å². The zero-order valence-electron chi connectivity index (χ0n) is 12.2. The van der Waals surface area contributed by atoms with Gasteiger partial charge < -0.3 is 5.43 Å². The summed E-state index contributed by atoms with van der Waals surface area (Å²) in [5, 5.41) is 4.43. The molecule has 0 spiro atoms. The minimum Gasteiger partial charge on any atom is -0.308 e. The number of nitrogens with two attached hydrogens (primary N) is 1. The van der Waals surface area contributed by atoms with E-state index in [0.717, 1.165) is 22.8 Å². The van der Waals surface area contributed by atoms with Crippen LogP contribution in [0.1, 0.15) is 55.5 Å². The molecule has 0 aliphatic heterocycles. The van der Waals surface area contributed by atoms with Crippen LogP contribution in [0.4, 0.5) is 0 Å². The topological polar surface area (TPSA) is 68.2 Å². The first-order chi connectivity index (χ1) is 9.13. The quantitative estimate of drug-likeness (QED) is 0.282. The zero-order chi connectivity index (χ0) is 13.8. The van der Waals surface area contributed by atoms with E-state index >= 15 is 0 Å². The van der Waals surface area contributed by atoms with Crippen LogP contribution in [0, 0.1) is 13.8 Å². The second-order valence-corrected chi connectivity index (χ2v) is 5.44. The van der Waals surface area contributed by atoms with Gasteiger partial charge in [-0.05, 0) is 26.7 Å². The monoisotopic (exact) mass is 263 g/mol. The average Bonchev–Trinajstić information content (AvgIpc) is 2.61. The number of rotatable bonds is 2. The molecule has 0 unspecified atom stereocenters. The lowest BCUT2D eigenvalue weighted by Crippen LogP contribution is -2.33. The molecule has 5 nitrogen and oxygen atoms in total. The van der Waals surface area contributed by atoms with E-state index in [0.29, 0.717) is 6.04 Å². The summed E-state index contributed by atoms with van der Waals surface area (Å²) < 4.78 is 1.88. The molecular formula is C14H25N5. The molecule has 1 aromatic rings. The van der Waals surface area contributed by atoms with Crippen LogP contribution >= 0.6 is 0 Å². The average molecular weight is 263 g/mol. The standard InChI is InChI=1S/C14H25N5/c1-10-13(11(2)19(3)18-10)14(17-15)16-12-8-6-4-5-7-9-12/h12H,4-9,15H2,1-3H3,(H,16,17). The fourth-order valence-electron chi connectivity index (χ4n) is 2.86. The first kappa shape index (κ1) is 14.1. The van der Waals surface area contributed by atoms with Gasteiger partial charge in [-0.1, -0.05) is 25.7 Å². The van der Waals surface area contributed by atoms with Crippen LogP contribution in [-0.4, -0.2) is 21.7 Å². The molecule has 1 aromatic heterocycles. The molecule has 5 heteroatoms. The summed E-state index contributed by atoms with van der Waals surface area (Å²) in [5.41, 5.74) is 5.90. The van der Waals surface area contributed by atoms with E-state index in [2.05, 4.69) is 17.4 Å². The number of hydrazine groups is 1. The zero-order valence-corrected chi connectivity index (χ0v) is 12.2. The number of hydrogen-bond donors (Lipinski definition) is 2. The van der Waals surface area contributed by atoms with Crippen molar-refractivity contribution in [3.8, 4) is 0 Å². The van der Waals surface area contributed by atoms with Crippen LogP contribution in [0.15, 0.2) is 4.99 Å². The summed E-state index contributed by atoms with van der Waals surface area (Å²) in [6, 6.07) is 0.396. The van der Waals surface area contributed by atoms with E-state index in [9.17, 15) is 0 Å². The van der Waals surface area contributed by atoms with Gasteiger partial charge in [0.25, 0.3) is 0 Å². The highest BCUT2D eigenvalue weighted by molar-refractivity contribution is 6.00. The molecular weight excluding hydrogens is 238 g/mol. The number of nitrogens with zero attached hydrogens (tertiary/aromatic N) is 3. The van der Waals surface area contributed by atoms with Crippen molar-refractivity contribution in [2.75, 3.05) is 0 Å². The maximum atomic E-state index is 5.69. The Balaban J connectivity index is 2.27. The number of amidine groups is 1. The molecule has 106 valence electrons. The van der Waals surface area contributed by atoms with E-state index < -0.39 is 0 Å². The van der Waals surface area contributed by atoms with Crippen LogP contribution in [-0.2, 0) is 7.05 Å². The molecule has 3 N–H and O–H groups in total. The lowest BCUT2D eigenvalue weighted by atomic mass is 10.1. The van der Waals surface area contributed by atoms with Crippen molar-refractivity contribution in [2.24, 2.45) is 17.9 Å². The van der Waals surface area contributed by atoms with Crippen molar-refractivity contribution in [1.82, 2.24) is 15.2 Å². The number of hydrogen-bond acceptors (Lipinski definition) is 3. The number of nitrogens with one attached hydrogen (secondary N) is 1. The number of aromatic nitrogens is 2. The largest absolute Gasteiger partial charge is 0.308 e. The Kier molecular flexibility index (Phi) is 4.58. The first-order valence-corrected chi connectivity index (χ1v) is 7.18. The highest BCUT2D eigenvalue weighted by Crippen LogP contribution is 2.21. The highest BCUT2D eigenvalue weighted by atomic mass is 15.3. The minimum absolute atomic E-state index is 0.396. The molecule has 0 saturated heterocycles. The fourth-order valence-corrected chi connectivity index (χ4v) is 2.86. The maximum absolute atomic E-state index is 5.69. The fraction of sp³-hybridized carbons (Fsp3) is 0.714. The smallest absolute Gasteiger partial charge is 0.146 e. The van der Waals surface area contributed by atoms with Crippen molar-refractivity contribution < 1.29 is 0 Å². The number of aliphatic imine (C=N–C) groups is 1. The Morgan fingerprint density at radius 1 is 1.26 bits per heavy atom. The van der Waals surface area contributed by atoms with E-state index in [-0.39, 0.29) is 0 Å². The molecule has 0 bridgehead atoms. The van der Waals surface area contributed by atoms with Gasteiger partial charge in [0.05, 0.1) is 17.3 Å². The van der Waals surface area contributed by atoms with Gasteiger partial charge in [-0.3, -0.25) is 9.67 Å². The van der Waals surface area contributed by atoms with Crippen molar-refractivity contribution >= 4 is 5.84 Å². The van der Waals surface area contributed by atoms with Crippen LogP contribution < -0.4 is 11.3 Å². The SMILES string of the molecule is Cc1nn(C)c(C)c1C(=NC1CCCCCC1)NN. The van der Waals surface area contributed by atoms with Crippen LogP contribution in [0.2, 0.25) is 0 Å². The molecule has 0 amide bonds. The van der Waals surface area contributed by atoms with Gasteiger partial charge in [0, 0.05) is 12.7 Å². The summed E-state index contributed by atoms with van der Waals surface area (Å²) in [6.07, 6.45) is 7.56. The van der Waals surface area contributed by atoms with Crippen LogP contribution in [0.3, 0.4) is 0 Å². The van der Waals surface area contributed by atoms with Crippen molar-refractivity contribution in [3.63, 3.8) is 0 Å². The third-order valence-electron chi connectivity index (χ3n) is 4.02. The van der Waals surface area contributed by atoms with Crippen molar-refractivity contribution in [2.45, 2.75) is 58.4 Å². The third-order valence-corrected chi connectivity index (χ3v) is 4.02. The summed E-state index contributed by atoms with van der Waals surface area (Å²) in [4.78, 5) is 4.85. The van der Waals surface area contributed by atoms with E-state index in [1.807, 2.05) is 18.7 Å². The molecule has 1 aliphatic carbocycles. The Morgan fingerprint density at radius 3 is 2.37 bits per heavy atom. The summed E-state index contributed by atoms with van der Waals surface area (Å²) in [5.74, 6) is 6.48. The molecule has 0 aromatic carbocycles. The molecule has 19 heavy (non-hydrogen) atoms. The Morgan fingerprint density at radius 2 is 1.89 bits per heavy atom. The summed E-state index contributed by atoms with van der Waals surface area (Å²) in [6.45, 7) is 4.05. The normalized spacial score (nSPS) is 18.4. The first-order valence-electron chi connectivity index (χ1n) is 7.18. The maximum Gasteiger partial charge on any atom is 0.146 e. The lowest BCUT2D eigenvalue weighted by Gasteiger charge is -2.13. The number of aryl methyl sites for hydroxylation is 2. The molecule has 2 rings (SSSR count). The molecule has 1 aliphatic rings. The van der Waals surface area contributed by atoms with Gasteiger partial charge in [-0.15, -0.1) is 0 Å². The molecule has 0 radical (unpaired) electrons. The highest BCUT2D eigenvalue weighted by Gasteiger charge is 2.17. The van der Waals surface area contributed by atoms with E-state index in [4.69, 9.17) is 10.8 Å². The Bertz CT molecular complexity index is 453. The second kappa shape index (κ2) is 6.19. The lowest BCUT2D eigenvalue weighted by molar-refractivity contribution is 0.583. The van der Waals surface area contributed by atoms with Gasteiger partial charge in [0.15, 0.2) is 0 Å². The van der Waals surface area contributed by atoms with Gasteiger partial charge in [0.1, 0.15) is 5.84 Å². The summed E-state index contributed by atoms with van der Waals surface area (Å²) >= 11 is 0. The van der Waals surface area contributed by atoms with E-state index in [1.54, 1.807) is 0 Å². The van der Waals surface area contributed by atoms with Gasteiger partial charge >= 0.3 is 0 Å². The molecule has 1 fully saturated rings. The van der Waals surface area contributed by atoms with Gasteiger partial charge in [-0.2, -0.15) is 5.10 Å². The summed E-state index contributed by atoms with van der Waals surface area (Å²) in [7, 11) is 1.95. The molecule has 0 atom stereocenters. The Hall–Kier alpha value is -1.36. The Labute approximate surface area is 115 Å².